The van der Waals surface area contributed by atoms with Crippen molar-refractivity contribution < 1.29 is 9.47 Å². The lowest BCUT2D eigenvalue weighted by molar-refractivity contribution is -0.0126. The molecule has 1 aromatic carbocycles. The van der Waals surface area contributed by atoms with E-state index < -0.39 is 0 Å². The molecular weight excluding hydrogens is 248 g/mol. The molecule has 0 radical (unpaired) electrons. The zero-order valence-corrected chi connectivity index (χ0v) is 13.5. The van der Waals surface area contributed by atoms with Crippen LogP contribution in [0.25, 0.3) is 0 Å². The smallest absolute Gasteiger partial charge is 0.127 e. The number of hydrogen-bond donors (Lipinski definition) is 0. The van der Waals surface area contributed by atoms with E-state index in [2.05, 4.69) is 20.8 Å². The van der Waals surface area contributed by atoms with Crippen molar-refractivity contribution in [1.29, 1.82) is 0 Å². The highest BCUT2D eigenvalue weighted by Gasteiger charge is 2.31. The van der Waals surface area contributed by atoms with Crippen LogP contribution in [0.4, 0.5) is 0 Å². The summed E-state index contributed by atoms with van der Waals surface area (Å²) >= 11 is 0. The maximum Gasteiger partial charge on any atom is 0.127 e. The highest BCUT2D eigenvalue weighted by molar-refractivity contribution is 5.21. The first-order valence-corrected chi connectivity index (χ1v) is 7.89. The summed E-state index contributed by atoms with van der Waals surface area (Å²) in [5, 5.41) is 0. The summed E-state index contributed by atoms with van der Waals surface area (Å²) in [4.78, 5) is 0. The van der Waals surface area contributed by atoms with E-state index in [1.54, 1.807) is 0 Å². The predicted molar refractivity (Wildman–Crippen MR) is 85.3 cm³/mol. The molecule has 0 aliphatic rings. The van der Waals surface area contributed by atoms with Crippen LogP contribution in [-0.2, 0) is 4.74 Å². The van der Waals surface area contributed by atoms with Gasteiger partial charge in [-0.2, -0.15) is 0 Å². The lowest BCUT2D eigenvalue weighted by atomic mass is 9.81. The van der Waals surface area contributed by atoms with Gasteiger partial charge in [0.1, 0.15) is 11.9 Å². The molecule has 1 atom stereocenters. The van der Waals surface area contributed by atoms with Crippen LogP contribution in [0.5, 0.6) is 5.75 Å². The standard InChI is InChI=1S/C18H30O2/c1-5-7-11-14-18(3,4)17(15-19-6-2)20-16-12-9-8-10-13-16/h8-10,12-13,17H,5-7,11,14-15H2,1-4H3. The van der Waals surface area contributed by atoms with Crippen molar-refractivity contribution in [2.24, 2.45) is 5.41 Å². The van der Waals surface area contributed by atoms with Crippen LogP contribution in [-0.4, -0.2) is 19.3 Å². The maximum absolute atomic E-state index is 6.19. The summed E-state index contributed by atoms with van der Waals surface area (Å²) in [7, 11) is 0. The monoisotopic (exact) mass is 278 g/mol. The fraction of sp³-hybridized carbons (Fsp3) is 0.667. The van der Waals surface area contributed by atoms with E-state index in [-0.39, 0.29) is 11.5 Å². The Balaban J connectivity index is 2.66. The summed E-state index contributed by atoms with van der Waals surface area (Å²) in [6, 6.07) is 10.1. The molecule has 0 spiro atoms. The van der Waals surface area contributed by atoms with Crippen molar-refractivity contribution in [2.45, 2.75) is 59.5 Å². The van der Waals surface area contributed by atoms with Gasteiger partial charge in [-0.1, -0.05) is 58.2 Å². The molecule has 1 unspecified atom stereocenters. The molecular formula is C18H30O2. The second-order valence-corrected chi connectivity index (χ2v) is 6.02. The maximum atomic E-state index is 6.19. The minimum absolute atomic E-state index is 0.0988. The molecule has 0 amide bonds. The number of benzene rings is 1. The molecule has 0 heterocycles. The summed E-state index contributed by atoms with van der Waals surface area (Å²) in [6.45, 7) is 10.2. The first-order valence-electron chi connectivity index (χ1n) is 7.89. The third-order valence-electron chi connectivity index (χ3n) is 3.79. The van der Waals surface area contributed by atoms with Gasteiger partial charge < -0.3 is 9.47 Å². The Morgan fingerprint density at radius 1 is 1.05 bits per heavy atom. The first-order chi connectivity index (χ1) is 9.60. The average molecular weight is 278 g/mol. The van der Waals surface area contributed by atoms with Crippen LogP contribution in [0, 0.1) is 5.41 Å². The molecule has 0 bridgehead atoms. The molecule has 0 aliphatic carbocycles. The Morgan fingerprint density at radius 2 is 1.75 bits per heavy atom. The predicted octanol–water partition coefficient (Wildman–Crippen LogP) is 5.08. The van der Waals surface area contributed by atoms with Crippen LogP contribution in [0.1, 0.15) is 53.4 Å². The molecule has 2 heteroatoms. The van der Waals surface area contributed by atoms with Crippen LogP contribution in [0.2, 0.25) is 0 Å². The molecule has 0 aromatic heterocycles. The van der Waals surface area contributed by atoms with Crippen molar-refractivity contribution in [3.63, 3.8) is 0 Å². The van der Waals surface area contributed by atoms with E-state index in [0.29, 0.717) is 6.61 Å². The Kier molecular flexibility index (Phi) is 7.68. The van der Waals surface area contributed by atoms with E-state index in [9.17, 15) is 0 Å². The molecule has 1 aromatic rings. The molecule has 2 nitrogen and oxygen atoms in total. The summed E-state index contributed by atoms with van der Waals surface area (Å²) < 4.78 is 11.8. The topological polar surface area (TPSA) is 18.5 Å². The number of unbranched alkanes of at least 4 members (excludes halogenated alkanes) is 2. The summed E-state index contributed by atoms with van der Waals surface area (Å²) in [6.07, 6.45) is 5.07. The highest BCUT2D eigenvalue weighted by Crippen LogP contribution is 2.31. The molecule has 0 saturated heterocycles. The van der Waals surface area contributed by atoms with E-state index in [0.717, 1.165) is 12.4 Å². The number of ether oxygens (including phenoxy) is 2. The zero-order chi connectivity index (χ0) is 14.8. The number of rotatable bonds is 10. The van der Waals surface area contributed by atoms with Crippen molar-refractivity contribution in [3.05, 3.63) is 30.3 Å². The third-order valence-corrected chi connectivity index (χ3v) is 3.79. The van der Waals surface area contributed by atoms with E-state index in [4.69, 9.17) is 9.47 Å². The largest absolute Gasteiger partial charge is 0.487 e. The zero-order valence-electron chi connectivity index (χ0n) is 13.5. The van der Waals surface area contributed by atoms with E-state index in [1.807, 2.05) is 37.3 Å². The van der Waals surface area contributed by atoms with E-state index >= 15 is 0 Å². The molecule has 20 heavy (non-hydrogen) atoms. The first kappa shape index (κ1) is 17.0. The second-order valence-electron chi connectivity index (χ2n) is 6.02. The van der Waals surface area contributed by atoms with Crippen LogP contribution >= 0.6 is 0 Å². The van der Waals surface area contributed by atoms with Crippen LogP contribution < -0.4 is 4.74 Å². The fourth-order valence-corrected chi connectivity index (χ4v) is 2.30. The Labute approximate surface area is 124 Å². The summed E-state index contributed by atoms with van der Waals surface area (Å²) in [5.74, 6) is 0.931. The highest BCUT2D eigenvalue weighted by atomic mass is 16.5. The molecule has 0 saturated carbocycles. The van der Waals surface area contributed by atoms with Gasteiger partial charge in [0.25, 0.3) is 0 Å². The Hall–Kier alpha value is -1.02. The van der Waals surface area contributed by atoms with Gasteiger partial charge in [0, 0.05) is 12.0 Å². The minimum Gasteiger partial charge on any atom is -0.487 e. The Bertz CT molecular complexity index is 346. The molecule has 0 fully saturated rings. The van der Waals surface area contributed by atoms with Crippen molar-refractivity contribution in [1.82, 2.24) is 0 Å². The molecule has 0 N–H and O–H groups in total. The molecule has 114 valence electrons. The lowest BCUT2D eigenvalue weighted by Crippen LogP contribution is -2.38. The van der Waals surface area contributed by atoms with Gasteiger partial charge in [0.05, 0.1) is 6.61 Å². The lowest BCUT2D eigenvalue weighted by Gasteiger charge is -2.34. The normalized spacial score (nSPS) is 13.2. The van der Waals surface area contributed by atoms with E-state index in [1.165, 1.54) is 25.7 Å². The molecule has 1 rings (SSSR count). The van der Waals surface area contributed by atoms with Gasteiger partial charge in [-0.05, 0) is 25.5 Å². The quantitative estimate of drug-likeness (QED) is 0.556. The van der Waals surface area contributed by atoms with Gasteiger partial charge in [0.15, 0.2) is 0 Å². The Morgan fingerprint density at radius 3 is 2.35 bits per heavy atom. The van der Waals surface area contributed by atoms with Gasteiger partial charge >= 0.3 is 0 Å². The minimum atomic E-state index is 0.0988. The van der Waals surface area contributed by atoms with Crippen LogP contribution in [0.15, 0.2) is 30.3 Å². The van der Waals surface area contributed by atoms with Gasteiger partial charge in [0.2, 0.25) is 0 Å². The molecule has 0 aliphatic heterocycles. The SMILES string of the molecule is CCCCCC(C)(C)C(COCC)Oc1ccccc1. The third kappa shape index (κ3) is 5.96. The number of hydrogen-bond acceptors (Lipinski definition) is 2. The number of para-hydroxylation sites is 1. The van der Waals surface area contributed by atoms with Crippen molar-refractivity contribution >= 4 is 0 Å². The van der Waals surface area contributed by atoms with Crippen LogP contribution in [0.3, 0.4) is 0 Å². The van der Waals surface area contributed by atoms with Crippen molar-refractivity contribution in [3.8, 4) is 5.75 Å². The van der Waals surface area contributed by atoms with Gasteiger partial charge in [-0.25, -0.2) is 0 Å². The van der Waals surface area contributed by atoms with Gasteiger partial charge in [-0.15, -0.1) is 0 Å². The average Bonchev–Trinajstić information content (AvgIpc) is 2.44. The summed E-state index contributed by atoms with van der Waals surface area (Å²) in [5.41, 5.74) is 0.125. The second kappa shape index (κ2) is 9.02. The van der Waals surface area contributed by atoms with Crippen molar-refractivity contribution in [2.75, 3.05) is 13.2 Å². The fourth-order valence-electron chi connectivity index (χ4n) is 2.30. The van der Waals surface area contributed by atoms with Gasteiger partial charge in [-0.3, -0.25) is 0 Å².